The topological polar surface area (TPSA) is 142 Å². The van der Waals surface area contributed by atoms with Crippen molar-refractivity contribution in [3.05, 3.63) is 87.9 Å². The maximum Gasteiger partial charge on any atom is 0.407 e. The molecule has 1 aromatic carbocycles. The number of rotatable bonds is 6. The van der Waals surface area contributed by atoms with Crippen molar-refractivity contribution >= 4 is 17.7 Å². The van der Waals surface area contributed by atoms with Crippen molar-refractivity contribution in [1.82, 2.24) is 15.3 Å². The highest BCUT2D eigenvalue weighted by Gasteiger charge is 2.38. The zero-order valence-electron chi connectivity index (χ0n) is 23.4. The largest absolute Gasteiger partial charge is 0.444 e. The molecule has 220 valence electrons. The standard InChI is InChI=1S/C29H30F3N7O3/c1-15-12-16(13-22(25(15)38-39-33)37-28(41)42-29(2,3)4)17-10-11-34-14-23(17)36-27(40)21-9-8-20(32)26(35-21)24-18(30)6-5-7-19(24)31/h5-11,14-16,22,25H,12-13H2,1-4H3,(H,36,40)(H,37,41)/t15-,16+,22+,25-/m0/s1. The molecule has 3 aromatic rings. The highest BCUT2D eigenvalue weighted by Crippen LogP contribution is 2.40. The highest BCUT2D eigenvalue weighted by atomic mass is 19.1. The molecular formula is C29H30F3N7O3. The number of halogens is 3. The number of carbonyl (C=O) groups is 2. The first-order chi connectivity index (χ1) is 19.9. The summed E-state index contributed by atoms with van der Waals surface area (Å²) in [7, 11) is 0. The minimum absolute atomic E-state index is 0.145. The van der Waals surface area contributed by atoms with Crippen LogP contribution in [-0.2, 0) is 4.74 Å². The Morgan fingerprint density at radius 3 is 2.45 bits per heavy atom. The van der Waals surface area contributed by atoms with Crippen molar-refractivity contribution < 1.29 is 27.5 Å². The van der Waals surface area contributed by atoms with Gasteiger partial charge in [-0.1, -0.05) is 18.1 Å². The summed E-state index contributed by atoms with van der Waals surface area (Å²) in [4.78, 5) is 36.8. The average molecular weight is 582 g/mol. The van der Waals surface area contributed by atoms with Crippen LogP contribution in [0.2, 0.25) is 0 Å². The smallest absolute Gasteiger partial charge is 0.407 e. The fourth-order valence-electron chi connectivity index (χ4n) is 5.16. The Bertz CT molecular complexity index is 1520. The zero-order valence-corrected chi connectivity index (χ0v) is 23.4. The number of alkyl carbamates (subject to hydrolysis) is 1. The number of carbonyl (C=O) groups excluding carboxylic acids is 2. The number of ether oxygens (including phenoxy) is 1. The summed E-state index contributed by atoms with van der Waals surface area (Å²) >= 11 is 0. The van der Waals surface area contributed by atoms with Crippen LogP contribution >= 0.6 is 0 Å². The molecule has 0 unspecified atom stereocenters. The minimum atomic E-state index is -1.02. The predicted octanol–water partition coefficient (Wildman–Crippen LogP) is 6.90. The number of amides is 2. The van der Waals surface area contributed by atoms with Crippen LogP contribution in [0.4, 0.5) is 23.7 Å². The first-order valence-electron chi connectivity index (χ1n) is 13.3. The molecule has 1 saturated carbocycles. The van der Waals surface area contributed by atoms with E-state index >= 15 is 0 Å². The van der Waals surface area contributed by atoms with Crippen molar-refractivity contribution in [2.24, 2.45) is 11.0 Å². The molecule has 1 aliphatic rings. The summed E-state index contributed by atoms with van der Waals surface area (Å²) < 4.78 is 48.6. The van der Waals surface area contributed by atoms with Gasteiger partial charge in [0, 0.05) is 17.2 Å². The van der Waals surface area contributed by atoms with Gasteiger partial charge in [0.2, 0.25) is 0 Å². The van der Waals surface area contributed by atoms with E-state index in [4.69, 9.17) is 10.3 Å². The van der Waals surface area contributed by atoms with Gasteiger partial charge >= 0.3 is 6.09 Å². The lowest BCUT2D eigenvalue weighted by Crippen LogP contribution is -2.50. The van der Waals surface area contributed by atoms with Gasteiger partial charge < -0.3 is 15.4 Å². The number of benzene rings is 1. The molecule has 2 N–H and O–H groups in total. The molecule has 1 fully saturated rings. The number of anilines is 1. The van der Waals surface area contributed by atoms with Gasteiger partial charge in [-0.15, -0.1) is 0 Å². The van der Waals surface area contributed by atoms with E-state index in [2.05, 4.69) is 30.6 Å². The van der Waals surface area contributed by atoms with Gasteiger partial charge in [-0.2, -0.15) is 0 Å². The summed E-state index contributed by atoms with van der Waals surface area (Å²) in [6.07, 6.45) is 3.28. The Hall–Kier alpha value is -4.64. The molecule has 1 aliphatic carbocycles. The van der Waals surface area contributed by atoms with E-state index in [0.717, 1.165) is 30.3 Å². The molecule has 10 nitrogen and oxygen atoms in total. The second-order valence-corrected chi connectivity index (χ2v) is 11.1. The predicted molar refractivity (Wildman–Crippen MR) is 149 cm³/mol. The van der Waals surface area contributed by atoms with Crippen LogP contribution in [0, 0.1) is 23.4 Å². The zero-order chi connectivity index (χ0) is 30.6. The van der Waals surface area contributed by atoms with Crippen LogP contribution in [0.5, 0.6) is 0 Å². The van der Waals surface area contributed by atoms with Crippen molar-refractivity contribution in [2.75, 3.05) is 5.32 Å². The van der Waals surface area contributed by atoms with Crippen LogP contribution in [0.25, 0.3) is 21.7 Å². The van der Waals surface area contributed by atoms with E-state index in [1.165, 1.54) is 6.20 Å². The molecule has 2 amide bonds. The number of nitrogens with zero attached hydrogens (tertiary/aromatic N) is 5. The average Bonchev–Trinajstić information content (AvgIpc) is 2.90. The molecule has 13 heteroatoms. The lowest BCUT2D eigenvalue weighted by molar-refractivity contribution is 0.0470. The van der Waals surface area contributed by atoms with Gasteiger partial charge in [0.25, 0.3) is 5.91 Å². The van der Waals surface area contributed by atoms with Crippen LogP contribution in [0.1, 0.15) is 62.5 Å². The molecule has 4 rings (SSSR count). The number of hydrogen-bond donors (Lipinski definition) is 2. The maximum absolute atomic E-state index is 14.5. The molecule has 0 aliphatic heterocycles. The molecule has 0 spiro atoms. The van der Waals surface area contributed by atoms with Crippen molar-refractivity contribution in [2.45, 2.75) is 64.1 Å². The lowest BCUT2D eigenvalue weighted by atomic mass is 9.73. The van der Waals surface area contributed by atoms with Gasteiger partial charge in [0.05, 0.1) is 23.5 Å². The van der Waals surface area contributed by atoms with E-state index in [-0.39, 0.29) is 17.5 Å². The van der Waals surface area contributed by atoms with E-state index in [1.807, 2.05) is 6.92 Å². The Balaban J connectivity index is 1.60. The lowest BCUT2D eigenvalue weighted by Gasteiger charge is -2.39. The molecule has 42 heavy (non-hydrogen) atoms. The van der Waals surface area contributed by atoms with Crippen LogP contribution < -0.4 is 10.6 Å². The molecule has 0 saturated heterocycles. The van der Waals surface area contributed by atoms with Crippen molar-refractivity contribution in [3.8, 4) is 11.3 Å². The van der Waals surface area contributed by atoms with Crippen molar-refractivity contribution in [1.29, 1.82) is 0 Å². The summed E-state index contributed by atoms with van der Waals surface area (Å²) in [5, 5.41) is 9.47. The molecule has 0 bridgehead atoms. The van der Waals surface area contributed by atoms with E-state index < -0.39 is 58.4 Å². The van der Waals surface area contributed by atoms with Crippen LogP contribution in [-0.4, -0.2) is 39.7 Å². The van der Waals surface area contributed by atoms with E-state index in [1.54, 1.807) is 33.0 Å². The summed E-state index contributed by atoms with van der Waals surface area (Å²) in [6, 6.07) is 5.74. The first kappa shape index (κ1) is 30.3. The molecule has 2 aromatic heterocycles. The molecule has 0 radical (unpaired) electrons. The number of nitrogens with one attached hydrogen (secondary N) is 2. The van der Waals surface area contributed by atoms with Crippen LogP contribution in [0.3, 0.4) is 0 Å². The number of azide groups is 1. The third kappa shape index (κ3) is 6.98. The number of pyridine rings is 2. The Labute approximate surface area is 240 Å². The Morgan fingerprint density at radius 2 is 1.79 bits per heavy atom. The normalized spacial score (nSPS) is 20.3. The van der Waals surface area contributed by atoms with Gasteiger partial charge in [-0.25, -0.2) is 22.9 Å². The van der Waals surface area contributed by atoms with Gasteiger partial charge in [-0.05, 0) is 86.9 Å². The Kier molecular flexibility index (Phi) is 9.01. The number of hydrogen-bond acceptors (Lipinski definition) is 6. The van der Waals surface area contributed by atoms with E-state index in [9.17, 15) is 22.8 Å². The number of aromatic nitrogens is 2. The molecular weight excluding hydrogens is 551 g/mol. The SMILES string of the molecule is C[C@H]1C[C@@H](c2ccncc2NC(=O)c2ccc(F)c(-c3c(F)cccc3F)n2)C[C@@H](NC(=O)OC(C)(C)C)[C@H]1N=[N+]=[N-]. The van der Waals surface area contributed by atoms with E-state index in [0.29, 0.717) is 24.1 Å². The van der Waals surface area contributed by atoms with Crippen molar-refractivity contribution in [3.63, 3.8) is 0 Å². The third-order valence-electron chi connectivity index (χ3n) is 6.90. The summed E-state index contributed by atoms with van der Waals surface area (Å²) in [6.45, 7) is 7.12. The quantitative estimate of drug-likeness (QED) is 0.185. The minimum Gasteiger partial charge on any atom is -0.444 e. The Morgan fingerprint density at radius 1 is 1.07 bits per heavy atom. The molecule has 2 heterocycles. The molecule has 4 atom stereocenters. The highest BCUT2D eigenvalue weighted by molar-refractivity contribution is 6.03. The monoisotopic (exact) mass is 581 g/mol. The van der Waals surface area contributed by atoms with Gasteiger partial charge in [-0.3, -0.25) is 9.78 Å². The maximum atomic E-state index is 14.5. The third-order valence-corrected chi connectivity index (χ3v) is 6.90. The first-order valence-corrected chi connectivity index (χ1v) is 13.3. The van der Waals surface area contributed by atoms with Gasteiger partial charge in [0.15, 0.2) is 0 Å². The van der Waals surface area contributed by atoms with Gasteiger partial charge in [0.1, 0.15) is 34.4 Å². The van der Waals surface area contributed by atoms with Crippen LogP contribution in [0.15, 0.2) is 53.9 Å². The second-order valence-electron chi connectivity index (χ2n) is 11.1. The summed E-state index contributed by atoms with van der Waals surface area (Å²) in [5.74, 6) is -4.13. The second kappa shape index (κ2) is 12.5. The fourth-order valence-corrected chi connectivity index (χ4v) is 5.16. The fraction of sp³-hybridized carbons (Fsp3) is 0.379. The summed E-state index contributed by atoms with van der Waals surface area (Å²) in [5.41, 5.74) is 7.86.